The maximum Gasteiger partial charge on any atom is 0.408 e. The Labute approximate surface area is 189 Å². The lowest BCUT2D eigenvalue weighted by molar-refractivity contribution is -0.147. The largest absolute Gasteiger partial charge is 0.464 e. The van der Waals surface area contributed by atoms with Crippen molar-refractivity contribution < 1.29 is 23.9 Å². The Hall–Kier alpha value is -3.35. The van der Waals surface area contributed by atoms with E-state index in [1.807, 2.05) is 60.7 Å². The molecule has 32 heavy (non-hydrogen) atoms. The van der Waals surface area contributed by atoms with E-state index < -0.39 is 35.7 Å². The Bertz CT molecular complexity index is 878. The SMILES string of the molecule is CCOC(=O)[C@@H](Cc1ccccc1)NC(=O)[C@H](Cc1ccccc1)NC(=O)OC(C)(C)C. The normalized spacial score (nSPS) is 12.9. The molecular formula is C25H32N2O5. The van der Waals surface area contributed by atoms with E-state index in [2.05, 4.69) is 10.6 Å². The van der Waals surface area contributed by atoms with Crippen molar-refractivity contribution in [3.8, 4) is 0 Å². The van der Waals surface area contributed by atoms with Gasteiger partial charge in [0.1, 0.15) is 17.7 Å². The van der Waals surface area contributed by atoms with Gasteiger partial charge in [-0.25, -0.2) is 9.59 Å². The van der Waals surface area contributed by atoms with E-state index in [-0.39, 0.29) is 19.4 Å². The van der Waals surface area contributed by atoms with Crippen LogP contribution in [0.25, 0.3) is 0 Å². The Morgan fingerprint density at radius 1 is 0.812 bits per heavy atom. The van der Waals surface area contributed by atoms with Crippen LogP contribution in [0.5, 0.6) is 0 Å². The van der Waals surface area contributed by atoms with Gasteiger partial charge in [0.25, 0.3) is 0 Å². The van der Waals surface area contributed by atoms with Crippen molar-refractivity contribution in [1.29, 1.82) is 0 Å². The number of hydrogen-bond donors (Lipinski definition) is 2. The molecule has 2 N–H and O–H groups in total. The molecule has 0 aliphatic carbocycles. The summed E-state index contributed by atoms with van der Waals surface area (Å²) in [5, 5.41) is 5.39. The lowest BCUT2D eigenvalue weighted by atomic mass is 10.0. The van der Waals surface area contributed by atoms with Gasteiger partial charge in [-0.1, -0.05) is 60.7 Å². The molecule has 7 heteroatoms. The van der Waals surface area contributed by atoms with Crippen LogP contribution in [0.4, 0.5) is 4.79 Å². The average Bonchev–Trinajstić information content (AvgIpc) is 2.73. The van der Waals surface area contributed by atoms with Crippen molar-refractivity contribution in [2.24, 2.45) is 0 Å². The molecule has 2 rings (SSSR count). The van der Waals surface area contributed by atoms with Crippen molar-refractivity contribution in [2.75, 3.05) is 6.61 Å². The summed E-state index contributed by atoms with van der Waals surface area (Å²) in [6.07, 6.45) is -0.188. The minimum Gasteiger partial charge on any atom is -0.464 e. The molecular weight excluding hydrogens is 408 g/mol. The zero-order chi connectivity index (χ0) is 23.6. The predicted molar refractivity (Wildman–Crippen MR) is 122 cm³/mol. The van der Waals surface area contributed by atoms with Crippen molar-refractivity contribution in [2.45, 2.75) is 58.2 Å². The third-order valence-electron chi connectivity index (χ3n) is 4.46. The Kier molecular flexibility index (Phi) is 9.25. The minimum absolute atomic E-state index is 0.198. The van der Waals surface area contributed by atoms with E-state index >= 15 is 0 Å². The second-order valence-electron chi connectivity index (χ2n) is 8.39. The van der Waals surface area contributed by atoms with Crippen molar-refractivity contribution in [3.05, 3.63) is 71.8 Å². The van der Waals surface area contributed by atoms with E-state index in [1.54, 1.807) is 27.7 Å². The molecule has 172 valence electrons. The summed E-state index contributed by atoms with van der Waals surface area (Å²) in [5.74, 6) is -1.02. The first-order valence-electron chi connectivity index (χ1n) is 10.7. The summed E-state index contributed by atoms with van der Waals surface area (Å²) in [5.41, 5.74) is 1.03. The van der Waals surface area contributed by atoms with Crippen LogP contribution in [-0.2, 0) is 31.9 Å². The molecule has 2 aromatic carbocycles. The van der Waals surface area contributed by atoms with Crippen LogP contribution >= 0.6 is 0 Å². The van der Waals surface area contributed by atoms with Gasteiger partial charge in [0, 0.05) is 12.8 Å². The summed E-state index contributed by atoms with van der Waals surface area (Å²) in [4.78, 5) is 38.1. The van der Waals surface area contributed by atoms with Crippen molar-refractivity contribution in [1.82, 2.24) is 10.6 Å². The van der Waals surface area contributed by atoms with Crippen molar-refractivity contribution >= 4 is 18.0 Å². The standard InChI is InChI=1S/C25H32N2O5/c1-5-31-23(29)21(17-19-14-10-7-11-15-19)26-22(28)20(16-18-12-8-6-9-13-18)27-24(30)32-25(2,3)4/h6-15,20-21H,5,16-17H2,1-4H3,(H,26,28)(H,27,30)/t20-,21+/m0/s1. The van der Waals surface area contributed by atoms with Crippen LogP contribution in [0.3, 0.4) is 0 Å². The molecule has 2 atom stereocenters. The molecule has 0 heterocycles. The second kappa shape index (κ2) is 11.9. The van der Waals surface area contributed by atoms with Crippen LogP contribution in [0.15, 0.2) is 60.7 Å². The fourth-order valence-corrected chi connectivity index (χ4v) is 3.07. The maximum atomic E-state index is 13.2. The van der Waals surface area contributed by atoms with Crippen LogP contribution in [0.1, 0.15) is 38.8 Å². The van der Waals surface area contributed by atoms with Gasteiger partial charge in [0.2, 0.25) is 5.91 Å². The van der Waals surface area contributed by atoms with E-state index in [9.17, 15) is 14.4 Å². The maximum absolute atomic E-state index is 13.2. The Morgan fingerprint density at radius 3 is 1.78 bits per heavy atom. The first-order valence-corrected chi connectivity index (χ1v) is 10.7. The highest BCUT2D eigenvalue weighted by Crippen LogP contribution is 2.10. The van der Waals surface area contributed by atoms with Gasteiger partial charge in [-0.3, -0.25) is 4.79 Å². The second-order valence-corrected chi connectivity index (χ2v) is 8.39. The number of carbonyl (C=O) groups is 3. The number of rotatable bonds is 9. The summed E-state index contributed by atoms with van der Waals surface area (Å²) in [7, 11) is 0. The van der Waals surface area contributed by atoms with Gasteiger partial charge in [-0.15, -0.1) is 0 Å². The lowest BCUT2D eigenvalue weighted by Crippen LogP contribution is -2.54. The number of hydrogen-bond acceptors (Lipinski definition) is 5. The molecule has 0 spiro atoms. The highest BCUT2D eigenvalue weighted by Gasteiger charge is 2.29. The van der Waals surface area contributed by atoms with Gasteiger partial charge in [0.05, 0.1) is 6.61 Å². The summed E-state index contributed by atoms with van der Waals surface area (Å²) in [6, 6.07) is 16.8. The van der Waals surface area contributed by atoms with Gasteiger partial charge >= 0.3 is 12.1 Å². The predicted octanol–water partition coefficient (Wildman–Crippen LogP) is 3.41. The fraction of sp³-hybridized carbons (Fsp3) is 0.400. The monoisotopic (exact) mass is 440 g/mol. The number of alkyl carbamates (subject to hydrolysis) is 1. The highest BCUT2D eigenvalue weighted by molar-refractivity contribution is 5.90. The van der Waals surface area contributed by atoms with Gasteiger partial charge < -0.3 is 20.1 Å². The van der Waals surface area contributed by atoms with Crippen LogP contribution in [0, 0.1) is 0 Å². The molecule has 7 nitrogen and oxygen atoms in total. The fourth-order valence-electron chi connectivity index (χ4n) is 3.07. The first-order chi connectivity index (χ1) is 15.2. The highest BCUT2D eigenvalue weighted by atomic mass is 16.6. The summed E-state index contributed by atoms with van der Waals surface area (Å²) >= 11 is 0. The molecule has 0 aliphatic rings. The van der Waals surface area contributed by atoms with Gasteiger partial charge in [-0.05, 0) is 38.8 Å². The zero-order valence-electron chi connectivity index (χ0n) is 19.1. The molecule has 0 fully saturated rings. The molecule has 2 amide bonds. The zero-order valence-corrected chi connectivity index (χ0v) is 19.1. The molecule has 0 aliphatic heterocycles. The minimum atomic E-state index is -0.931. The smallest absolute Gasteiger partial charge is 0.408 e. The third kappa shape index (κ3) is 8.79. The van der Waals surface area contributed by atoms with Crippen LogP contribution in [-0.4, -0.2) is 42.3 Å². The Morgan fingerprint density at radius 2 is 1.31 bits per heavy atom. The topological polar surface area (TPSA) is 93.7 Å². The van der Waals surface area contributed by atoms with Gasteiger partial charge in [0.15, 0.2) is 0 Å². The Balaban J connectivity index is 2.19. The number of esters is 1. The number of benzene rings is 2. The summed E-state index contributed by atoms with van der Waals surface area (Å²) in [6.45, 7) is 7.14. The van der Waals surface area contributed by atoms with E-state index in [0.29, 0.717) is 0 Å². The number of nitrogens with one attached hydrogen (secondary N) is 2. The lowest BCUT2D eigenvalue weighted by Gasteiger charge is -2.25. The molecule has 0 aromatic heterocycles. The number of carbonyl (C=O) groups excluding carboxylic acids is 3. The van der Waals surface area contributed by atoms with E-state index in [0.717, 1.165) is 11.1 Å². The quantitative estimate of drug-likeness (QED) is 0.583. The average molecular weight is 441 g/mol. The van der Waals surface area contributed by atoms with Crippen LogP contribution in [0.2, 0.25) is 0 Å². The van der Waals surface area contributed by atoms with Crippen LogP contribution < -0.4 is 10.6 Å². The first kappa shape index (κ1) is 24.9. The van der Waals surface area contributed by atoms with Crippen molar-refractivity contribution in [3.63, 3.8) is 0 Å². The molecule has 0 unspecified atom stereocenters. The molecule has 0 bridgehead atoms. The molecule has 0 saturated heterocycles. The molecule has 0 radical (unpaired) electrons. The third-order valence-corrected chi connectivity index (χ3v) is 4.46. The number of amides is 2. The summed E-state index contributed by atoms with van der Waals surface area (Å²) < 4.78 is 10.5. The van der Waals surface area contributed by atoms with E-state index in [1.165, 1.54) is 0 Å². The molecule has 0 saturated carbocycles. The molecule has 2 aromatic rings. The van der Waals surface area contributed by atoms with Gasteiger partial charge in [-0.2, -0.15) is 0 Å². The number of ether oxygens (including phenoxy) is 2. The van der Waals surface area contributed by atoms with E-state index in [4.69, 9.17) is 9.47 Å².